The largest absolute Gasteiger partial charge is 0.534 e. The van der Waals surface area contributed by atoms with Crippen LogP contribution >= 0.6 is 11.6 Å². The number of rotatable bonds is 4. The zero-order valence-corrected chi connectivity index (χ0v) is 17.8. The summed E-state index contributed by atoms with van der Waals surface area (Å²) in [4.78, 5) is 41.2. The van der Waals surface area contributed by atoms with Crippen LogP contribution in [0.2, 0.25) is 5.02 Å². The van der Waals surface area contributed by atoms with Crippen LogP contribution in [0.5, 0.6) is 11.5 Å². The van der Waals surface area contributed by atoms with Crippen molar-refractivity contribution in [3.8, 4) is 11.5 Å². The number of hydrogen-bond acceptors (Lipinski definition) is 6. The molecule has 0 fully saturated rings. The van der Waals surface area contributed by atoms with Gasteiger partial charge >= 0.3 is 12.2 Å². The highest BCUT2D eigenvalue weighted by Crippen LogP contribution is 2.35. The van der Waals surface area contributed by atoms with Crippen LogP contribution in [0.15, 0.2) is 42.5 Å². The first kappa shape index (κ1) is 22.2. The Bertz CT molecular complexity index is 1020. The third kappa shape index (κ3) is 5.58. The van der Waals surface area contributed by atoms with Gasteiger partial charge in [-0.05, 0) is 56.7 Å². The van der Waals surface area contributed by atoms with E-state index in [2.05, 4.69) is 5.32 Å². The number of hydroxylamine groups is 1. The first-order valence-electron chi connectivity index (χ1n) is 9.33. The Kier molecular flexibility index (Phi) is 6.26. The Morgan fingerprint density at radius 1 is 1.19 bits per heavy atom. The Balaban J connectivity index is 1.92. The van der Waals surface area contributed by atoms with Crippen LogP contribution in [0.25, 0.3) is 0 Å². The molecular formula is C21H21ClN2O7. The van der Waals surface area contributed by atoms with E-state index in [-0.39, 0.29) is 12.1 Å². The molecule has 0 bridgehead atoms. The van der Waals surface area contributed by atoms with Gasteiger partial charge in [0.05, 0.1) is 10.7 Å². The molecular weight excluding hydrogens is 428 g/mol. The summed E-state index contributed by atoms with van der Waals surface area (Å²) < 4.78 is 10.9. The van der Waals surface area contributed by atoms with Crippen LogP contribution in [0.3, 0.4) is 0 Å². The van der Waals surface area contributed by atoms with Gasteiger partial charge in [0.1, 0.15) is 23.1 Å². The molecule has 2 aromatic carbocycles. The van der Waals surface area contributed by atoms with Gasteiger partial charge in [0.15, 0.2) is 0 Å². The molecule has 0 saturated heterocycles. The fourth-order valence-electron chi connectivity index (χ4n) is 2.91. The van der Waals surface area contributed by atoms with E-state index in [1.165, 1.54) is 6.07 Å². The fraction of sp³-hybridized carbons (Fsp3) is 0.286. The first-order valence-corrected chi connectivity index (χ1v) is 9.71. The molecule has 0 saturated carbocycles. The maximum atomic E-state index is 12.8. The lowest BCUT2D eigenvalue weighted by atomic mass is 9.98. The van der Waals surface area contributed by atoms with Gasteiger partial charge in [-0.25, -0.2) is 9.59 Å². The summed E-state index contributed by atoms with van der Waals surface area (Å²) in [7, 11) is 0. The average molecular weight is 449 g/mol. The zero-order valence-electron chi connectivity index (χ0n) is 17.0. The SMILES string of the molecule is CC(C)(C)OC(=O)ON1C(=O)C(NC(=O)O)Cc2cc(Oc3ccccc3Cl)ccc21. The van der Waals surface area contributed by atoms with Gasteiger partial charge in [0, 0.05) is 6.42 Å². The van der Waals surface area contributed by atoms with Crippen molar-refractivity contribution in [2.24, 2.45) is 0 Å². The van der Waals surface area contributed by atoms with E-state index >= 15 is 0 Å². The van der Waals surface area contributed by atoms with Gasteiger partial charge in [-0.3, -0.25) is 9.63 Å². The summed E-state index contributed by atoms with van der Waals surface area (Å²) in [5, 5.41) is 12.4. The van der Waals surface area contributed by atoms with Crippen molar-refractivity contribution in [1.29, 1.82) is 0 Å². The van der Waals surface area contributed by atoms with E-state index < -0.39 is 29.8 Å². The number of fused-ring (bicyclic) bond motifs is 1. The number of benzene rings is 2. The predicted octanol–water partition coefficient (Wildman–Crippen LogP) is 4.52. The van der Waals surface area contributed by atoms with Crippen LogP contribution in [0, 0.1) is 0 Å². The lowest BCUT2D eigenvalue weighted by molar-refractivity contribution is -0.128. The number of hydrogen-bond donors (Lipinski definition) is 2. The predicted molar refractivity (Wildman–Crippen MR) is 111 cm³/mol. The van der Waals surface area contributed by atoms with Crippen LogP contribution < -0.4 is 15.1 Å². The molecule has 1 atom stereocenters. The minimum atomic E-state index is -1.39. The van der Waals surface area contributed by atoms with E-state index in [0.717, 1.165) is 5.06 Å². The summed E-state index contributed by atoms with van der Waals surface area (Å²) in [6, 6.07) is 10.5. The maximum absolute atomic E-state index is 12.8. The molecule has 0 aliphatic carbocycles. The minimum Gasteiger partial charge on any atom is -0.465 e. The highest BCUT2D eigenvalue weighted by molar-refractivity contribution is 6.32. The number of ether oxygens (including phenoxy) is 2. The van der Waals surface area contributed by atoms with Crippen molar-refractivity contribution in [2.45, 2.75) is 38.8 Å². The van der Waals surface area contributed by atoms with Crippen LogP contribution in [0.4, 0.5) is 15.3 Å². The Labute approximate surface area is 183 Å². The second-order valence-electron chi connectivity index (χ2n) is 7.72. The van der Waals surface area contributed by atoms with E-state index in [9.17, 15) is 14.4 Å². The van der Waals surface area contributed by atoms with Crippen molar-refractivity contribution in [2.75, 3.05) is 5.06 Å². The first-order chi connectivity index (χ1) is 14.5. The van der Waals surface area contributed by atoms with E-state index in [4.69, 9.17) is 31.0 Å². The number of anilines is 1. The number of amides is 2. The summed E-state index contributed by atoms with van der Waals surface area (Å²) in [5.41, 5.74) is -0.0540. The number of nitrogens with one attached hydrogen (secondary N) is 1. The minimum absolute atomic E-state index is 0.0361. The van der Waals surface area contributed by atoms with Crippen LogP contribution in [-0.4, -0.2) is 34.9 Å². The van der Waals surface area contributed by atoms with Gasteiger partial charge in [-0.2, -0.15) is 0 Å². The lowest BCUT2D eigenvalue weighted by Crippen LogP contribution is -2.53. The number of carbonyl (C=O) groups excluding carboxylic acids is 2. The molecule has 1 unspecified atom stereocenters. The molecule has 1 aliphatic rings. The zero-order chi connectivity index (χ0) is 22.8. The third-order valence-electron chi connectivity index (χ3n) is 4.11. The second kappa shape index (κ2) is 8.73. The Morgan fingerprint density at radius 3 is 2.55 bits per heavy atom. The van der Waals surface area contributed by atoms with Gasteiger partial charge in [0.2, 0.25) is 0 Å². The molecule has 31 heavy (non-hydrogen) atoms. The summed E-state index contributed by atoms with van der Waals surface area (Å²) >= 11 is 6.13. The molecule has 2 N–H and O–H groups in total. The van der Waals surface area contributed by atoms with Crippen LogP contribution in [0.1, 0.15) is 26.3 Å². The standard InChI is InChI=1S/C21H21ClN2O7/c1-21(2,3)30-20(28)31-24-16-9-8-13(29-17-7-5-4-6-14(17)22)10-12(16)11-15(18(24)25)23-19(26)27/h4-10,15,23H,11H2,1-3H3,(H,26,27). The number of carbonyl (C=O) groups is 3. The summed E-state index contributed by atoms with van der Waals surface area (Å²) in [6.07, 6.45) is -2.45. The maximum Gasteiger partial charge on any atom is 0.534 e. The normalized spacial score (nSPS) is 15.7. The molecule has 2 aromatic rings. The van der Waals surface area contributed by atoms with Gasteiger partial charge < -0.3 is 19.9 Å². The number of halogens is 1. The molecule has 3 rings (SSSR count). The highest BCUT2D eigenvalue weighted by Gasteiger charge is 2.38. The lowest BCUT2D eigenvalue weighted by Gasteiger charge is -2.32. The molecule has 0 aromatic heterocycles. The van der Waals surface area contributed by atoms with Crippen molar-refractivity contribution in [1.82, 2.24) is 5.32 Å². The monoisotopic (exact) mass is 448 g/mol. The van der Waals surface area contributed by atoms with Crippen LogP contribution in [-0.2, 0) is 20.8 Å². The molecule has 0 spiro atoms. The highest BCUT2D eigenvalue weighted by atomic mass is 35.5. The molecule has 9 nitrogen and oxygen atoms in total. The molecule has 1 heterocycles. The van der Waals surface area contributed by atoms with Crippen molar-refractivity contribution >= 4 is 35.4 Å². The molecule has 2 amide bonds. The average Bonchev–Trinajstić information content (AvgIpc) is 2.65. The Morgan fingerprint density at radius 2 is 1.90 bits per heavy atom. The van der Waals surface area contributed by atoms with E-state index in [0.29, 0.717) is 22.1 Å². The number of carboxylic acid groups (broad SMARTS) is 1. The van der Waals surface area contributed by atoms with E-state index in [1.807, 2.05) is 0 Å². The topological polar surface area (TPSA) is 114 Å². The van der Waals surface area contributed by atoms with Crippen molar-refractivity contribution < 1.29 is 33.8 Å². The molecule has 164 valence electrons. The second-order valence-corrected chi connectivity index (χ2v) is 8.12. The Hall–Kier alpha value is -3.46. The molecule has 10 heteroatoms. The fourth-order valence-corrected chi connectivity index (χ4v) is 3.08. The van der Waals surface area contributed by atoms with Crippen molar-refractivity contribution in [3.63, 3.8) is 0 Å². The molecule has 0 radical (unpaired) electrons. The van der Waals surface area contributed by atoms with Crippen molar-refractivity contribution in [3.05, 3.63) is 53.1 Å². The quantitative estimate of drug-likeness (QED) is 0.660. The smallest absolute Gasteiger partial charge is 0.465 e. The summed E-state index contributed by atoms with van der Waals surface area (Å²) in [5.74, 6) is 0.0890. The molecule has 1 aliphatic heterocycles. The van der Waals surface area contributed by atoms with Gasteiger partial charge in [0.25, 0.3) is 5.91 Å². The van der Waals surface area contributed by atoms with E-state index in [1.54, 1.807) is 57.2 Å². The number of para-hydroxylation sites is 1. The number of nitrogens with zero attached hydrogens (tertiary/aromatic N) is 1. The third-order valence-corrected chi connectivity index (χ3v) is 4.42. The summed E-state index contributed by atoms with van der Waals surface area (Å²) in [6.45, 7) is 4.94. The van der Waals surface area contributed by atoms with Gasteiger partial charge in [-0.1, -0.05) is 23.7 Å². The van der Waals surface area contributed by atoms with Gasteiger partial charge in [-0.15, -0.1) is 5.06 Å².